The Morgan fingerprint density at radius 3 is 2.55 bits per heavy atom. The molecule has 7 nitrogen and oxygen atoms in total. The van der Waals surface area contributed by atoms with Crippen molar-refractivity contribution in [1.82, 2.24) is 9.88 Å². The van der Waals surface area contributed by atoms with Gasteiger partial charge >= 0.3 is 10.1 Å². The molecule has 0 spiro atoms. The first-order chi connectivity index (χ1) is 14.4. The van der Waals surface area contributed by atoms with Gasteiger partial charge in [-0.15, -0.1) is 0 Å². The fourth-order valence-electron chi connectivity index (χ4n) is 3.80. The number of benzene rings is 1. The zero-order chi connectivity index (χ0) is 22.6. The Morgan fingerprint density at radius 1 is 1.23 bits per heavy atom. The second-order valence-electron chi connectivity index (χ2n) is 9.39. The first kappa shape index (κ1) is 21.5. The van der Waals surface area contributed by atoms with Crippen LogP contribution in [0.4, 0.5) is 0 Å². The van der Waals surface area contributed by atoms with E-state index in [2.05, 4.69) is 4.98 Å². The Labute approximate surface area is 183 Å². The molecule has 0 atom stereocenters. The van der Waals surface area contributed by atoms with E-state index in [0.717, 1.165) is 30.4 Å². The minimum Gasteiger partial charge on any atom is -0.382 e. The van der Waals surface area contributed by atoms with Gasteiger partial charge in [-0.1, -0.05) is 26.8 Å². The van der Waals surface area contributed by atoms with E-state index in [0.29, 0.717) is 29.3 Å². The highest BCUT2D eigenvalue weighted by molar-refractivity contribution is 7.86. The van der Waals surface area contributed by atoms with Gasteiger partial charge in [-0.25, -0.2) is 4.98 Å². The van der Waals surface area contributed by atoms with E-state index in [4.69, 9.17) is 9.59 Å². The van der Waals surface area contributed by atoms with E-state index >= 15 is 0 Å². The summed E-state index contributed by atoms with van der Waals surface area (Å²) in [4.78, 5) is 19.4. The number of ketones is 1. The van der Waals surface area contributed by atoms with Crippen molar-refractivity contribution in [1.29, 1.82) is 5.41 Å². The topological polar surface area (TPSA) is 100 Å². The molecule has 0 radical (unpaired) electrons. The maximum absolute atomic E-state index is 13.0. The smallest absolute Gasteiger partial charge is 0.306 e. The molecule has 0 unspecified atom stereocenters. The number of nitrogens with zero attached hydrogens (tertiary/aromatic N) is 2. The van der Waals surface area contributed by atoms with Gasteiger partial charge in [0.05, 0.1) is 12.8 Å². The molecule has 0 saturated heterocycles. The van der Waals surface area contributed by atoms with Gasteiger partial charge in [0.15, 0.2) is 5.78 Å². The summed E-state index contributed by atoms with van der Waals surface area (Å²) in [7, 11) is -3.68. The van der Waals surface area contributed by atoms with E-state index in [9.17, 15) is 13.2 Å². The molecule has 0 bridgehead atoms. The Kier molecular flexibility index (Phi) is 5.16. The third-order valence-electron chi connectivity index (χ3n) is 5.58. The van der Waals surface area contributed by atoms with Crippen LogP contribution in [-0.4, -0.2) is 42.7 Å². The highest BCUT2D eigenvalue weighted by Crippen LogP contribution is 2.40. The number of rotatable bonds is 6. The molecule has 0 amide bonds. The number of Topliss-reactive ketones (excluding diaryl/α,β-unsaturated/α-hetero) is 1. The molecule has 4 rings (SSSR count). The molecule has 1 aliphatic carbocycles. The first-order valence-electron chi connectivity index (χ1n) is 10.3. The summed E-state index contributed by atoms with van der Waals surface area (Å²) >= 11 is 0. The van der Waals surface area contributed by atoms with Crippen LogP contribution in [0.15, 0.2) is 30.3 Å². The Balaban J connectivity index is 1.55. The van der Waals surface area contributed by atoms with Gasteiger partial charge in [-0.3, -0.25) is 10.2 Å². The van der Waals surface area contributed by atoms with Crippen LogP contribution in [0.25, 0.3) is 0 Å². The normalized spacial score (nSPS) is 16.4. The number of carbonyl (C=O) groups is 1. The predicted molar refractivity (Wildman–Crippen MR) is 118 cm³/mol. The fraction of sp³-hybridized carbons (Fsp3) is 0.435. The number of hydrogen-bond donors (Lipinski definition) is 1. The van der Waals surface area contributed by atoms with Crippen LogP contribution in [0.2, 0.25) is 0 Å². The molecule has 2 heterocycles. The lowest BCUT2D eigenvalue weighted by molar-refractivity contribution is 0.0962. The van der Waals surface area contributed by atoms with Gasteiger partial charge in [0.25, 0.3) is 0 Å². The highest BCUT2D eigenvalue weighted by Gasteiger charge is 2.31. The molecule has 2 aromatic rings. The third-order valence-corrected chi connectivity index (χ3v) is 6.07. The van der Waals surface area contributed by atoms with E-state index in [1.54, 1.807) is 17.0 Å². The molecule has 1 saturated carbocycles. The van der Waals surface area contributed by atoms with Crippen molar-refractivity contribution in [2.75, 3.05) is 12.8 Å². The molecule has 2 aliphatic rings. The van der Waals surface area contributed by atoms with Crippen molar-refractivity contribution in [2.45, 2.75) is 51.5 Å². The molecule has 1 aromatic heterocycles. The van der Waals surface area contributed by atoms with Crippen LogP contribution in [0.5, 0.6) is 5.75 Å². The van der Waals surface area contributed by atoms with Crippen LogP contribution >= 0.6 is 0 Å². The lowest BCUT2D eigenvalue weighted by Gasteiger charge is -2.23. The number of carbonyl (C=O) groups excluding carboxylic acids is 1. The molecule has 8 heteroatoms. The summed E-state index contributed by atoms with van der Waals surface area (Å²) in [5.41, 5.74) is 3.35. The largest absolute Gasteiger partial charge is 0.382 e. The van der Waals surface area contributed by atoms with Crippen molar-refractivity contribution >= 4 is 21.7 Å². The number of nitrogens with one attached hydrogen (secondary N) is 1. The summed E-state index contributed by atoms with van der Waals surface area (Å²) in [6, 6.07) is 8.85. The lowest BCUT2D eigenvalue weighted by atomic mass is 9.85. The molecule has 31 heavy (non-hydrogen) atoms. The summed E-state index contributed by atoms with van der Waals surface area (Å²) in [5.74, 6) is 0.872. The monoisotopic (exact) mass is 441 g/mol. The predicted octanol–water partition coefficient (Wildman–Crippen LogP) is 3.62. The SMILES string of the molecule is CC(C)(C)c1cc(C(=O)CN2Cc3ccc(C4CC4)nc3C2=N)ccc1OS(C)(=O)=O. The van der Waals surface area contributed by atoms with E-state index < -0.39 is 15.5 Å². The van der Waals surface area contributed by atoms with Crippen LogP contribution in [0, 0.1) is 5.41 Å². The number of amidine groups is 1. The molecular formula is C23H27N3O4S. The molecule has 1 fully saturated rings. The maximum atomic E-state index is 13.0. The summed E-state index contributed by atoms with van der Waals surface area (Å²) in [5, 5.41) is 8.50. The molecule has 164 valence electrons. The minimum atomic E-state index is -3.68. The van der Waals surface area contributed by atoms with Gasteiger partial charge in [-0.2, -0.15) is 8.42 Å². The van der Waals surface area contributed by atoms with Crippen molar-refractivity contribution < 1.29 is 17.4 Å². The minimum absolute atomic E-state index is 0.0593. The molecular weight excluding hydrogens is 414 g/mol. The molecule has 1 N–H and O–H groups in total. The Bertz CT molecular complexity index is 1180. The standard InChI is InChI=1S/C23H27N3O4S/c1-23(2,3)17-11-15(8-10-20(17)30-31(4,28)29)19(27)13-26-12-16-7-9-18(14-5-6-14)25-21(16)22(26)24/h7-11,14,24H,5-6,12-13H2,1-4H3. The maximum Gasteiger partial charge on any atom is 0.306 e. The molecule has 1 aromatic carbocycles. The van der Waals surface area contributed by atoms with Gasteiger partial charge < -0.3 is 9.08 Å². The van der Waals surface area contributed by atoms with Crippen LogP contribution in [0.3, 0.4) is 0 Å². The quantitative estimate of drug-likeness (QED) is 0.543. The fourth-order valence-corrected chi connectivity index (χ4v) is 4.27. The van der Waals surface area contributed by atoms with E-state index in [1.807, 2.05) is 32.9 Å². The van der Waals surface area contributed by atoms with Crippen LogP contribution in [0.1, 0.15) is 72.4 Å². The van der Waals surface area contributed by atoms with Crippen molar-refractivity contribution in [2.24, 2.45) is 0 Å². The van der Waals surface area contributed by atoms with Gasteiger partial charge in [0.2, 0.25) is 0 Å². The zero-order valence-electron chi connectivity index (χ0n) is 18.2. The highest BCUT2D eigenvalue weighted by atomic mass is 32.2. The van der Waals surface area contributed by atoms with Crippen molar-refractivity contribution in [3.63, 3.8) is 0 Å². The second kappa shape index (κ2) is 7.44. The first-order valence-corrected chi connectivity index (χ1v) is 12.1. The van der Waals surface area contributed by atoms with E-state index in [-0.39, 0.29) is 23.9 Å². The second-order valence-corrected chi connectivity index (χ2v) is 11.0. The summed E-state index contributed by atoms with van der Waals surface area (Å²) in [6.45, 7) is 6.34. The average Bonchev–Trinajstić information content (AvgIpc) is 3.46. The zero-order valence-corrected chi connectivity index (χ0v) is 19.0. The number of fused-ring (bicyclic) bond motifs is 1. The number of aromatic nitrogens is 1. The van der Waals surface area contributed by atoms with Crippen molar-refractivity contribution in [3.05, 3.63) is 58.4 Å². The van der Waals surface area contributed by atoms with Crippen LogP contribution < -0.4 is 4.18 Å². The average molecular weight is 442 g/mol. The van der Waals surface area contributed by atoms with Crippen LogP contribution in [-0.2, 0) is 22.1 Å². The van der Waals surface area contributed by atoms with Gasteiger partial charge in [0, 0.05) is 34.8 Å². The third kappa shape index (κ3) is 4.63. The number of pyridine rings is 1. The van der Waals surface area contributed by atoms with E-state index in [1.165, 1.54) is 6.07 Å². The van der Waals surface area contributed by atoms with Crippen molar-refractivity contribution in [3.8, 4) is 5.75 Å². The van der Waals surface area contributed by atoms with Gasteiger partial charge in [-0.05, 0) is 42.5 Å². The number of hydrogen-bond acceptors (Lipinski definition) is 6. The summed E-state index contributed by atoms with van der Waals surface area (Å²) < 4.78 is 28.4. The Morgan fingerprint density at radius 2 is 1.94 bits per heavy atom. The molecule has 1 aliphatic heterocycles. The summed E-state index contributed by atoms with van der Waals surface area (Å²) in [6.07, 6.45) is 3.30. The Hall–Kier alpha value is -2.74. The van der Waals surface area contributed by atoms with Gasteiger partial charge in [0.1, 0.15) is 17.3 Å². The lowest BCUT2D eigenvalue weighted by Crippen LogP contribution is -2.30.